The average molecular weight is 365 g/mol. The Bertz CT molecular complexity index is 915. The Morgan fingerprint density at radius 3 is 2.44 bits per heavy atom. The summed E-state index contributed by atoms with van der Waals surface area (Å²) in [5.41, 5.74) is 0.418. The largest absolute Gasteiger partial charge is 0.503 e. The first kappa shape index (κ1) is 19.2. The molecular weight excluding hydrogens is 338 g/mol. The summed E-state index contributed by atoms with van der Waals surface area (Å²) in [6.07, 6.45) is 1.74. The maximum absolute atomic E-state index is 13.2. The summed E-state index contributed by atoms with van der Waals surface area (Å²) in [6.45, 7) is 8.01. The van der Waals surface area contributed by atoms with E-state index < -0.39 is 23.1 Å². The monoisotopic (exact) mass is 365 g/mol. The summed E-state index contributed by atoms with van der Waals surface area (Å²) in [4.78, 5) is 27.7. The zero-order valence-corrected chi connectivity index (χ0v) is 16.5. The third kappa shape index (κ3) is 3.36. The fourth-order valence-electron chi connectivity index (χ4n) is 3.66. The van der Waals surface area contributed by atoms with Gasteiger partial charge in [-0.05, 0) is 22.8 Å². The van der Waals surface area contributed by atoms with Gasteiger partial charge in [0, 0.05) is 12.0 Å². The Kier molecular flexibility index (Phi) is 5.09. The predicted octanol–water partition coefficient (Wildman–Crippen LogP) is 4.95. The molecule has 1 aliphatic heterocycles. The molecule has 0 spiro atoms. The Balaban J connectivity index is 2.22. The first-order chi connectivity index (χ1) is 12.8. The molecule has 1 heterocycles. The minimum Gasteiger partial charge on any atom is -0.503 e. The quantitative estimate of drug-likeness (QED) is 0.815. The second-order valence-corrected chi connectivity index (χ2v) is 8.16. The third-order valence-electron chi connectivity index (χ3n) is 5.10. The van der Waals surface area contributed by atoms with Crippen LogP contribution >= 0.6 is 0 Å². The fourth-order valence-corrected chi connectivity index (χ4v) is 3.66. The highest BCUT2D eigenvalue weighted by molar-refractivity contribution is 6.11. The van der Waals surface area contributed by atoms with E-state index in [2.05, 4.69) is 6.92 Å². The molecule has 0 saturated carbocycles. The molecule has 0 fully saturated rings. The van der Waals surface area contributed by atoms with E-state index in [9.17, 15) is 14.7 Å². The first-order valence-electron chi connectivity index (χ1n) is 9.54. The van der Waals surface area contributed by atoms with Crippen molar-refractivity contribution in [3.63, 3.8) is 0 Å². The van der Waals surface area contributed by atoms with Crippen molar-refractivity contribution in [2.24, 2.45) is 5.41 Å². The van der Waals surface area contributed by atoms with Crippen LogP contribution in [-0.2, 0) is 9.59 Å². The molecular formula is C23H27NO3. The van der Waals surface area contributed by atoms with Gasteiger partial charge in [-0.3, -0.25) is 9.59 Å². The van der Waals surface area contributed by atoms with E-state index in [1.165, 1.54) is 0 Å². The summed E-state index contributed by atoms with van der Waals surface area (Å²) in [5, 5.41) is 12.7. The van der Waals surface area contributed by atoms with E-state index in [-0.39, 0.29) is 11.4 Å². The molecule has 2 aromatic rings. The molecule has 142 valence electrons. The van der Waals surface area contributed by atoms with Gasteiger partial charge in [-0.15, -0.1) is 0 Å². The van der Waals surface area contributed by atoms with E-state index in [1.54, 1.807) is 4.90 Å². The number of fused-ring (bicyclic) bond motifs is 1. The van der Waals surface area contributed by atoms with Gasteiger partial charge in [-0.25, -0.2) is 0 Å². The summed E-state index contributed by atoms with van der Waals surface area (Å²) in [7, 11) is 0. The summed E-state index contributed by atoms with van der Waals surface area (Å²) < 4.78 is 0. The Hall–Kier alpha value is -2.62. The Morgan fingerprint density at radius 2 is 1.78 bits per heavy atom. The number of aliphatic hydroxyl groups excluding tert-OH is 1. The van der Waals surface area contributed by atoms with Gasteiger partial charge in [0.05, 0.1) is 11.6 Å². The average Bonchev–Trinajstić information content (AvgIpc) is 2.88. The predicted molar refractivity (Wildman–Crippen MR) is 107 cm³/mol. The number of nitrogens with zero attached hydrogens (tertiary/aromatic N) is 1. The standard InChI is InChI=1S/C23H27NO3/c1-5-6-14-24-19(17-13-9-11-15-10-7-8-12-16(15)17)18(20(25)22(24)27)21(26)23(2,3)4/h7-13,19,25H,5-6,14H2,1-4H3. The lowest BCUT2D eigenvalue weighted by atomic mass is 9.81. The Labute approximate surface area is 160 Å². The van der Waals surface area contributed by atoms with Gasteiger partial charge in [-0.1, -0.05) is 76.6 Å². The van der Waals surface area contributed by atoms with E-state index in [0.717, 1.165) is 29.2 Å². The molecule has 0 bridgehead atoms. The van der Waals surface area contributed by atoms with E-state index in [1.807, 2.05) is 63.2 Å². The van der Waals surface area contributed by atoms with Crippen LogP contribution in [0.2, 0.25) is 0 Å². The van der Waals surface area contributed by atoms with Gasteiger partial charge < -0.3 is 10.0 Å². The molecule has 4 heteroatoms. The van der Waals surface area contributed by atoms with Crippen LogP contribution in [0.1, 0.15) is 52.1 Å². The second-order valence-electron chi connectivity index (χ2n) is 8.16. The molecule has 27 heavy (non-hydrogen) atoms. The molecule has 1 aliphatic rings. The molecule has 1 amide bonds. The molecule has 0 saturated heterocycles. The molecule has 1 unspecified atom stereocenters. The van der Waals surface area contributed by atoms with E-state index >= 15 is 0 Å². The number of amides is 1. The molecule has 1 N–H and O–H groups in total. The lowest BCUT2D eigenvalue weighted by Crippen LogP contribution is -2.33. The number of Topliss-reactive ketones (excluding diaryl/α,β-unsaturated/α-hetero) is 1. The highest BCUT2D eigenvalue weighted by atomic mass is 16.3. The van der Waals surface area contributed by atoms with E-state index in [0.29, 0.717) is 6.54 Å². The van der Waals surface area contributed by atoms with E-state index in [4.69, 9.17) is 0 Å². The first-order valence-corrected chi connectivity index (χ1v) is 9.54. The molecule has 1 atom stereocenters. The van der Waals surface area contributed by atoms with Crippen molar-refractivity contribution >= 4 is 22.5 Å². The lowest BCUT2D eigenvalue weighted by Gasteiger charge is -2.29. The highest BCUT2D eigenvalue weighted by Gasteiger charge is 2.46. The number of rotatable bonds is 5. The van der Waals surface area contributed by atoms with Gasteiger partial charge in [0.15, 0.2) is 11.5 Å². The Morgan fingerprint density at radius 1 is 1.11 bits per heavy atom. The number of hydrogen-bond donors (Lipinski definition) is 1. The molecule has 0 aromatic heterocycles. The van der Waals surface area contributed by atoms with Crippen LogP contribution in [0.4, 0.5) is 0 Å². The molecule has 4 nitrogen and oxygen atoms in total. The highest BCUT2D eigenvalue weighted by Crippen LogP contribution is 2.43. The zero-order valence-electron chi connectivity index (χ0n) is 16.5. The van der Waals surface area contributed by atoms with Gasteiger partial charge in [-0.2, -0.15) is 0 Å². The summed E-state index contributed by atoms with van der Waals surface area (Å²) in [5.74, 6) is -1.04. The van der Waals surface area contributed by atoms with Gasteiger partial charge in [0.2, 0.25) is 0 Å². The lowest BCUT2D eigenvalue weighted by molar-refractivity contribution is -0.129. The molecule has 3 rings (SSSR count). The smallest absolute Gasteiger partial charge is 0.290 e. The van der Waals surface area contributed by atoms with Gasteiger partial charge in [0.1, 0.15) is 0 Å². The minimum atomic E-state index is -0.687. The molecule has 2 aromatic carbocycles. The second kappa shape index (κ2) is 7.18. The number of unbranched alkanes of at least 4 members (excludes halogenated alkanes) is 1. The van der Waals surface area contributed by atoms with Crippen molar-refractivity contribution in [1.82, 2.24) is 4.90 Å². The number of hydrogen-bond acceptors (Lipinski definition) is 3. The van der Waals surface area contributed by atoms with Crippen molar-refractivity contribution in [1.29, 1.82) is 0 Å². The number of carbonyl (C=O) groups is 2. The fraction of sp³-hybridized carbons (Fsp3) is 0.391. The van der Waals surface area contributed by atoms with Crippen molar-refractivity contribution < 1.29 is 14.7 Å². The van der Waals surface area contributed by atoms with Crippen LogP contribution in [-0.4, -0.2) is 28.2 Å². The minimum absolute atomic E-state index is 0.190. The van der Waals surface area contributed by atoms with Gasteiger partial charge in [0.25, 0.3) is 5.91 Å². The van der Waals surface area contributed by atoms with Crippen LogP contribution in [0.15, 0.2) is 53.8 Å². The van der Waals surface area contributed by atoms with Crippen LogP contribution in [0, 0.1) is 5.41 Å². The summed E-state index contributed by atoms with van der Waals surface area (Å²) >= 11 is 0. The van der Waals surface area contributed by atoms with Crippen molar-refractivity contribution in [3.05, 3.63) is 59.4 Å². The number of ketones is 1. The van der Waals surface area contributed by atoms with Crippen LogP contribution in [0.3, 0.4) is 0 Å². The van der Waals surface area contributed by atoms with Crippen LogP contribution in [0.5, 0.6) is 0 Å². The third-order valence-corrected chi connectivity index (χ3v) is 5.10. The normalized spacial score (nSPS) is 17.9. The number of benzene rings is 2. The van der Waals surface area contributed by atoms with Crippen LogP contribution < -0.4 is 0 Å². The van der Waals surface area contributed by atoms with Crippen molar-refractivity contribution in [2.75, 3.05) is 6.54 Å². The SMILES string of the molecule is CCCCN1C(=O)C(O)=C(C(=O)C(C)(C)C)C1c1cccc2ccccc12. The van der Waals surface area contributed by atoms with Crippen molar-refractivity contribution in [2.45, 2.75) is 46.6 Å². The summed E-state index contributed by atoms with van der Waals surface area (Å²) in [6, 6.07) is 13.3. The molecule has 0 radical (unpaired) electrons. The van der Waals surface area contributed by atoms with Crippen molar-refractivity contribution in [3.8, 4) is 0 Å². The molecule has 0 aliphatic carbocycles. The van der Waals surface area contributed by atoms with Crippen LogP contribution in [0.25, 0.3) is 10.8 Å². The topological polar surface area (TPSA) is 57.6 Å². The zero-order chi connectivity index (χ0) is 19.8. The van der Waals surface area contributed by atoms with Gasteiger partial charge >= 0.3 is 0 Å². The number of aliphatic hydroxyl groups is 1. The maximum atomic E-state index is 13.2. The maximum Gasteiger partial charge on any atom is 0.290 e. The number of carbonyl (C=O) groups excluding carboxylic acids is 2.